The lowest BCUT2D eigenvalue weighted by Gasteiger charge is -2.21. The number of halogens is 1. The van der Waals surface area contributed by atoms with Crippen LogP contribution in [0.15, 0.2) is 29.4 Å². The molecule has 144 valence electrons. The maximum absolute atomic E-state index is 12.7. The van der Waals surface area contributed by atoms with E-state index in [1.54, 1.807) is 0 Å². The highest BCUT2D eigenvalue weighted by Crippen LogP contribution is 2.34. The number of hydrogen-bond acceptors (Lipinski definition) is 5. The van der Waals surface area contributed by atoms with Crippen LogP contribution in [0.5, 0.6) is 0 Å². The number of anilines is 1. The van der Waals surface area contributed by atoms with E-state index in [0.29, 0.717) is 10.2 Å². The van der Waals surface area contributed by atoms with Gasteiger partial charge in [-0.3, -0.25) is 9.36 Å². The lowest BCUT2D eigenvalue weighted by atomic mass is 10.3. The van der Waals surface area contributed by atoms with Crippen molar-refractivity contribution in [2.24, 2.45) is 0 Å². The highest BCUT2D eigenvalue weighted by Gasteiger charge is 2.28. The minimum atomic E-state index is -0.208. The van der Waals surface area contributed by atoms with Gasteiger partial charge in [0.2, 0.25) is 11.9 Å². The second kappa shape index (κ2) is 8.10. The van der Waals surface area contributed by atoms with Crippen LogP contribution in [0.3, 0.4) is 0 Å². The lowest BCUT2D eigenvalue weighted by molar-refractivity contribution is -0.129. The zero-order valence-corrected chi connectivity index (χ0v) is 17.0. The van der Waals surface area contributed by atoms with Gasteiger partial charge in [0.25, 0.3) is 0 Å². The monoisotopic (exact) mass is 405 g/mol. The van der Waals surface area contributed by atoms with Crippen LogP contribution in [0.2, 0.25) is 5.02 Å². The Labute approximate surface area is 168 Å². The van der Waals surface area contributed by atoms with Gasteiger partial charge >= 0.3 is 0 Å². The molecule has 8 heteroatoms. The van der Waals surface area contributed by atoms with Crippen LogP contribution >= 0.6 is 23.4 Å². The van der Waals surface area contributed by atoms with Crippen molar-refractivity contribution in [2.75, 3.05) is 31.1 Å². The van der Waals surface area contributed by atoms with Crippen molar-refractivity contribution in [1.82, 2.24) is 19.7 Å². The molecule has 2 saturated heterocycles. The highest BCUT2D eigenvalue weighted by atomic mass is 35.5. The Kier molecular flexibility index (Phi) is 5.59. The van der Waals surface area contributed by atoms with E-state index in [1.165, 1.54) is 11.8 Å². The van der Waals surface area contributed by atoms with Crippen molar-refractivity contribution < 1.29 is 4.79 Å². The van der Waals surface area contributed by atoms with Gasteiger partial charge in [-0.1, -0.05) is 35.5 Å². The van der Waals surface area contributed by atoms with Crippen LogP contribution in [-0.2, 0) is 4.79 Å². The molecular formula is C19H24ClN5OS. The zero-order valence-electron chi connectivity index (χ0n) is 15.5. The van der Waals surface area contributed by atoms with Gasteiger partial charge in [-0.05, 0) is 44.7 Å². The molecule has 1 aromatic carbocycles. The molecule has 0 bridgehead atoms. The van der Waals surface area contributed by atoms with Crippen molar-refractivity contribution >= 4 is 35.2 Å². The van der Waals surface area contributed by atoms with E-state index in [4.69, 9.17) is 11.6 Å². The third-order valence-corrected chi connectivity index (χ3v) is 6.50. The topological polar surface area (TPSA) is 54.3 Å². The fourth-order valence-electron chi connectivity index (χ4n) is 3.71. The number of carbonyl (C=O) groups excluding carboxylic acids is 1. The molecule has 27 heavy (non-hydrogen) atoms. The number of hydrogen-bond donors (Lipinski definition) is 0. The predicted molar refractivity (Wildman–Crippen MR) is 109 cm³/mol. The Balaban J connectivity index is 1.66. The number of amides is 1. The van der Waals surface area contributed by atoms with Crippen LogP contribution in [0.4, 0.5) is 5.95 Å². The van der Waals surface area contributed by atoms with Gasteiger partial charge in [-0.15, -0.1) is 10.2 Å². The Morgan fingerprint density at radius 3 is 2.44 bits per heavy atom. The summed E-state index contributed by atoms with van der Waals surface area (Å²) < 4.78 is 2.01. The number of benzene rings is 1. The first-order chi connectivity index (χ1) is 13.1. The first-order valence-corrected chi connectivity index (χ1v) is 10.8. The summed E-state index contributed by atoms with van der Waals surface area (Å²) in [7, 11) is 0. The van der Waals surface area contributed by atoms with Crippen LogP contribution in [-0.4, -0.2) is 57.0 Å². The van der Waals surface area contributed by atoms with Gasteiger partial charge in [0.1, 0.15) is 0 Å². The van der Waals surface area contributed by atoms with Crippen LogP contribution in [0.1, 0.15) is 32.6 Å². The normalized spacial score (nSPS) is 18.3. The molecule has 0 saturated carbocycles. The van der Waals surface area contributed by atoms with Crippen LogP contribution in [0, 0.1) is 0 Å². The van der Waals surface area contributed by atoms with Crippen molar-refractivity contribution in [3.63, 3.8) is 0 Å². The number of thioether (sulfide) groups is 1. The minimum Gasteiger partial charge on any atom is -0.342 e. The number of para-hydroxylation sites is 1. The number of nitrogens with zero attached hydrogens (tertiary/aromatic N) is 5. The van der Waals surface area contributed by atoms with Gasteiger partial charge in [-0.2, -0.15) is 0 Å². The van der Waals surface area contributed by atoms with Crippen molar-refractivity contribution in [1.29, 1.82) is 0 Å². The summed E-state index contributed by atoms with van der Waals surface area (Å²) >= 11 is 7.95. The smallest absolute Gasteiger partial charge is 0.235 e. The van der Waals surface area contributed by atoms with E-state index >= 15 is 0 Å². The second-order valence-electron chi connectivity index (χ2n) is 7.06. The summed E-state index contributed by atoms with van der Waals surface area (Å²) in [6.45, 7) is 5.61. The maximum atomic E-state index is 12.7. The van der Waals surface area contributed by atoms with Gasteiger partial charge in [0.05, 0.1) is 16.0 Å². The fraction of sp³-hybridized carbons (Fsp3) is 0.526. The molecule has 1 aromatic heterocycles. The van der Waals surface area contributed by atoms with Crippen molar-refractivity contribution in [3.05, 3.63) is 29.3 Å². The third-order valence-electron chi connectivity index (χ3n) is 5.15. The molecule has 4 rings (SSSR count). The Bertz CT molecular complexity index is 814. The average molecular weight is 406 g/mol. The molecule has 2 aromatic rings. The summed E-state index contributed by atoms with van der Waals surface area (Å²) in [5.41, 5.74) is 0.856. The van der Waals surface area contributed by atoms with E-state index in [2.05, 4.69) is 15.1 Å². The Morgan fingerprint density at radius 1 is 1.07 bits per heavy atom. The maximum Gasteiger partial charge on any atom is 0.235 e. The Morgan fingerprint density at radius 2 is 1.74 bits per heavy atom. The standard InChI is InChI=1S/C19H24ClN5OS/c1-14(17(26)23-10-4-5-11-23)27-19-22-21-18(24-12-6-7-13-24)25(19)16-9-3-2-8-15(16)20/h2-3,8-9,14H,4-7,10-13H2,1H3/t14-/m0/s1. The fourth-order valence-corrected chi connectivity index (χ4v) is 4.87. The largest absolute Gasteiger partial charge is 0.342 e. The van der Waals surface area contributed by atoms with Crippen LogP contribution in [0.25, 0.3) is 5.69 Å². The van der Waals surface area contributed by atoms with E-state index in [0.717, 1.165) is 63.5 Å². The zero-order chi connectivity index (χ0) is 18.8. The molecule has 1 atom stereocenters. The SMILES string of the molecule is C[C@H](Sc1nnc(N2CCCC2)n1-c1ccccc1Cl)C(=O)N1CCCC1. The molecule has 2 aliphatic rings. The van der Waals surface area contributed by atoms with E-state index in [9.17, 15) is 4.79 Å². The Hall–Kier alpha value is -1.73. The van der Waals surface area contributed by atoms with E-state index < -0.39 is 0 Å². The molecule has 0 spiro atoms. The van der Waals surface area contributed by atoms with Gasteiger partial charge in [0.15, 0.2) is 5.16 Å². The quantitative estimate of drug-likeness (QED) is 0.711. The molecule has 2 aliphatic heterocycles. The molecule has 0 aliphatic carbocycles. The van der Waals surface area contributed by atoms with E-state index in [-0.39, 0.29) is 11.2 Å². The first-order valence-electron chi connectivity index (χ1n) is 9.56. The van der Waals surface area contributed by atoms with Gasteiger partial charge in [0, 0.05) is 26.2 Å². The summed E-state index contributed by atoms with van der Waals surface area (Å²) in [6, 6.07) is 7.72. The molecule has 2 fully saturated rings. The number of likely N-dealkylation sites (tertiary alicyclic amines) is 1. The first kappa shape index (κ1) is 18.6. The minimum absolute atomic E-state index is 0.175. The van der Waals surface area contributed by atoms with Crippen LogP contribution < -0.4 is 4.90 Å². The molecular weight excluding hydrogens is 382 g/mol. The molecule has 0 N–H and O–H groups in total. The summed E-state index contributed by atoms with van der Waals surface area (Å²) in [5, 5.41) is 10.0. The number of aromatic nitrogens is 3. The number of rotatable bonds is 5. The molecule has 0 radical (unpaired) electrons. The third kappa shape index (κ3) is 3.80. The van der Waals surface area contributed by atoms with Gasteiger partial charge < -0.3 is 9.80 Å². The molecule has 1 amide bonds. The number of carbonyl (C=O) groups is 1. The highest BCUT2D eigenvalue weighted by molar-refractivity contribution is 8.00. The van der Waals surface area contributed by atoms with E-state index in [1.807, 2.05) is 40.7 Å². The summed E-state index contributed by atoms with van der Waals surface area (Å²) in [4.78, 5) is 16.9. The predicted octanol–water partition coefficient (Wildman–Crippen LogP) is 3.62. The average Bonchev–Trinajstić information content (AvgIpc) is 3.43. The van der Waals surface area contributed by atoms with Gasteiger partial charge in [-0.25, -0.2) is 0 Å². The summed E-state index contributed by atoms with van der Waals surface area (Å²) in [5.74, 6) is 0.984. The molecule has 0 unspecified atom stereocenters. The van der Waals surface area contributed by atoms with Crippen molar-refractivity contribution in [2.45, 2.75) is 43.0 Å². The molecule has 6 nitrogen and oxygen atoms in total. The molecule has 3 heterocycles. The second-order valence-corrected chi connectivity index (χ2v) is 8.77. The lowest BCUT2D eigenvalue weighted by Crippen LogP contribution is -2.34. The summed E-state index contributed by atoms with van der Waals surface area (Å²) in [6.07, 6.45) is 4.50. The van der Waals surface area contributed by atoms with Crippen molar-refractivity contribution in [3.8, 4) is 5.69 Å².